The summed E-state index contributed by atoms with van der Waals surface area (Å²) < 4.78 is 0. The average Bonchev–Trinajstić information content (AvgIpc) is 2.47. The molecule has 0 aliphatic rings. The molecule has 0 fully saturated rings. The lowest BCUT2D eigenvalue weighted by molar-refractivity contribution is -0.136. The number of rotatable bonds is 7. The Morgan fingerprint density at radius 3 is 2.48 bits per heavy atom. The zero-order valence-electron chi connectivity index (χ0n) is 13.1. The van der Waals surface area contributed by atoms with Crippen LogP contribution >= 0.6 is 0 Å². The summed E-state index contributed by atoms with van der Waals surface area (Å²) in [7, 11) is 0. The molecule has 0 radical (unpaired) electrons. The smallest absolute Gasteiger partial charge is 0.313 e. The fourth-order valence-electron chi connectivity index (χ4n) is 2.04. The number of carbonyl (C=O) groups is 2. The van der Waals surface area contributed by atoms with Crippen LogP contribution in [0.4, 0.5) is 5.69 Å². The zero-order valence-corrected chi connectivity index (χ0v) is 13.1. The van der Waals surface area contributed by atoms with Crippen LogP contribution in [0.25, 0.3) is 0 Å². The van der Waals surface area contributed by atoms with E-state index in [0.717, 1.165) is 31.6 Å². The fraction of sp³-hybridized carbons (Fsp3) is 0.500. The normalized spacial score (nSPS) is 10.5. The first kappa shape index (κ1) is 17.2. The summed E-state index contributed by atoms with van der Waals surface area (Å²) in [4.78, 5) is 25.7. The van der Waals surface area contributed by atoms with Gasteiger partial charge in [-0.25, -0.2) is 0 Å². The van der Waals surface area contributed by atoms with Crippen molar-refractivity contribution in [2.75, 3.05) is 31.5 Å². The van der Waals surface area contributed by atoms with Crippen molar-refractivity contribution in [3.05, 3.63) is 29.8 Å². The van der Waals surface area contributed by atoms with Crippen molar-refractivity contribution >= 4 is 17.5 Å². The van der Waals surface area contributed by atoms with Gasteiger partial charge in [-0.3, -0.25) is 9.59 Å². The molecule has 2 amide bonds. The molecule has 0 unspecified atom stereocenters. The maximum Gasteiger partial charge on any atom is 0.313 e. The van der Waals surface area contributed by atoms with E-state index in [4.69, 9.17) is 0 Å². The Hall–Kier alpha value is -1.88. The standard InChI is InChI=1S/C16H25N3O2/c1-4-19(5-2)11-7-10-17-15(20)16(21)18-14-9-6-8-13(3)12-14/h6,8-9,12H,4-5,7,10-11H2,1-3H3,(H,17,20)(H,18,21). The maximum absolute atomic E-state index is 11.7. The highest BCUT2D eigenvalue weighted by Gasteiger charge is 2.13. The monoisotopic (exact) mass is 291 g/mol. The highest BCUT2D eigenvalue weighted by atomic mass is 16.2. The van der Waals surface area contributed by atoms with Crippen molar-refractivity contribution in [3.8, 4) is 0 Å². The van der Waals surface area contributed by atoms with Crippen molar-refractivity contribution in [1.29, 1.82) is 0 Å². The number of benzene rings is 1. The average molecular weight is 291 g/mol. The number of nitrogens with zero attached hydrogens (tertiary/aromatic N) is 1. The van der Waals surface area contributed by atoms with Crippen LogP contribution in [0, 0.1) is 6.92 Å². The summed E-state index contributed by atoms with van der Waals surface area (Å²) in [6.07, 6.45) is 0.838. The van der Waals surface area contributed by atoms with Crippen molar-refractivity contribution in [1.82, 2.24) is 10.2 Å². The topological polar surface area (TPSA) is 61.4 Å². The molecule has 5 nitrogen and oxygen atoms in total. The van der Waals surface area contributed by atoms with Crippen LogP contribution in [0.2, 0.25) is 0 Å². The molecule has 1 aromatic rings. The number of hydrogen-bond acceptors (Lipinski definition) is 3. The minimum Gasteiger partial charge on any atom is -0.348 e. The first-order valence-corrected chi connectivity index (χ1v) is 7.45. The van der Waals surface area contributed by atoms with Gasteiger partial charge >= 0.3 is 11.8 Å². The Labute approximate surface area is 126 Å². The van der Waals surface area contributed by atoms with Gasteiger partial charge in [-0.1, -0.05) is 26.0 Å². The van der Waals surface area contributed by atoms with Crippen molar-refractivity contribution < 1.29 is 9.59 Å². The first-order valence-electron chi connectivity index (χ1n) is 7.45. The quantitative estimate of drug-likeness (QED) is 0.594. The van der Waals surface area contributed by atoms with Gasteiger partial charge in [0.25, 0.3) is 0 Å². The van der Waals surface area contributed by atoms with E-state index in [-0.39, 0.29) is 0 Å². The fourth-order valence-corrected chi connectivity index (χ4v) is 2.04. The van der Waals surface area contributed by atoms with Crippen LogP contribution in [0.5, 0.6) is 0 Å². The van der Waals surface area contributed by atoms with Crippen LogP contribution < -0.4 is 10.6 Å². The van der Waals surface area contributed by atoms with E-state index in [1.54, 1.807) is 6.07 Å². The summed E-state index contributed by atoms with van der Waals surface area (Å²) >= 11 is 0. The van der Waals surface area contributed by atoms with E-state index in [9.17, 15) is 9.59 Å². The lowest BCUT2D eigenvalue weighted by Crippen LogP contribution is -2.37. The van der Waals surface area contributed by atoms with Gasteiger partial charge in [-0.15, -0.1) is 0 Å². The van der Waals surface area contributed by atoms with Crippen LogP contribution in [0.3, 0.4) is 0 Å². The lowest BCUT2D eigenvalue weighted by Gasteiger charge is -2.17. The number of carbonyl (C=O) groups excluding carboxylic acids is 2. The van der Waals surface area contributed by atoms with Gasteiger partial charge in [0.1, 0.15) is 0 Å². The minimum atomic E-state index is -0.622. The highest BCUT2D eigenvalue weighted by molar-refractivity contribution is 6.39. The van der Waals surface area contributed by atoms with Crippen LogP contribution in [0.1, 0.15) is 25.8 Å². The number of aryl methyl sites for hydroxylation is 1. The van der Waals surface area contributed by atoms with Crippen molar-refractivity contribution in [3.63, 3.8) is 0 Å². The van der Waals surface area contributed by atoms with E-state index in [0.29, 0.717) is 12.2 Å². The number of hydrogen-bond donors (Lipinski definition) is 2. The van der Waals surface area contributed by atoms with Gasteiger partial charge in [-0.05, 0) is 50.7 Å². The predicted octanol–water partition coefficient (Wildman–Crippen LogP) is 1.78. The SMILES string of the molecule is CCN(CC)CCCNC(=O)C(=O)Nc1cccc(C)c1. The number of amides is 2. The van der Waals surface area contributed by atoms with E-state index in [1.807, 2.05) is 25.1 Å². The zero-order chi connectivity index (χ0) is 15.7. The maximum atomic E-state index is 11.7. The van der Waals surface area contributed by atoms with E-state index >= 15 is 0 Å². The molecule has 0 bridgehead atoms. The second kappa shape index (κ2) is 9.13. The van der Waals surface area contributed by atoms with Gasteiger partial charge in [0.2, 0.25) is 0 Å². The van der Waals surface area contributed by atoms with Gasteiger partial charge in [0.05, 0.1) is 0 Å². The first-order chi connectivity index (χ1) is 10.1. The van der Waals surface area contributed by atoms with Crippen LogP contribution in [-0.4, -0.2) is 42.9 Å². The molecule has 5 heteroatoms. The highest BCUT2D eigenvalue weighted by Crippen LogP contribution is 2.08. The largest absolute Gasteiger partial charge is 0.348 e. The molecule has 0 saturated carbocycles. The van der Waals surface area contributed by atoms with Gasteiger partial charge in [0, 0.05) is 12.2 Å². The van der Waals surface area contributed by atoms with Crippen molar-refractivity contribution in [2.45, 2.75) is 27.2 Å². The Bertz CT molecular complexity index is 470. The number of nitrogens with one attached hydrogen (secondary N) is 2. The summed E-state index contributed by atoms with van der Waals surface area (Å²) in [5.74, 6) is -1.21. The van der Waals surface area contributed by atoms with Gasteiger partial charge in [0.15, 0.2) is 0 Å². The molecule has 1 aromatic carbocycles. The Balaban J connectivity index is 2.30. The van der Waals surface area contributed by atoms with Gasteiger partial charge < -0.3 is 15.5 Å². The molecule has 0 aliphatic heterocycles. The molecule has 0 saturated heterocycles. The van der Waals surface area contributed by atoms with Gasteiger partial charge in [-0.2, -0.15) is 0 Å². The third kappa shape index (κ3) is 6.40. The Morgan fingerprint density at radius 2 is 1.86 bits per heavy atom. The molecular formula is C16H25N3O2. The summed E-state index contributed by atoms with van der Waals surface area (Å²) in [6.45, 7) is 9.58. The molecule has 21 heavy (non-hydrogen) atoms. The third-order valence-electron chi connectivity index (χ3n) is 3.31. The molecule has 0 spiro atoms. The van der Waals surface area contributed by atoms with Crippen LogP contribution in [-0.2, 0) is 9.59 Å². The Morgan fingerprint density at radius 1 is 1.14 bits per heavy atom. The second-order valence-electron chi connectivity index (χ2n) is 4.96. The minimum absolute atomic E-state index is 0.510. The lowest BCUT2D eigenvalue weighted by atomic mass is 10.2. The predicted molar refractivity (Wildman–Crippen MR) is 85.2 cm³/mol. The molecular weight excluding hydrogens is 266 g/mol. The molecule has 0 heterocycles. The molecule has 1 rings (SSSR count). The molecule has 116 valence electrons. The van der Waals surface area contributed by atoms with E-state index < -0.39 is 11.8 Å². The molecule has 0 aliphatic carbocycles. The molecule has 0 aromatic heterocycles. The van der Waals surface area contributed by atoms with Crippen LogP contribution in [0.15, 0.2) is 24.3 Å². The molecule has 0 atom stereocenters. The third-order valence-corrected chi connectivity index (χ3v) is 3.31. The summed E-state index contributed by atoms with van der Waals surface area (Å²) in [6, 6.07) is 7.36. The van der Waals surface area contributed by atoms with E-state index in [1.165, 1.54) is 0 Å². The van der Waals surface area contributed by atoms with E-state index in [2.05, 4.69) is 29.4 Å². The van der Waals surface area contributed by atoms with Crippen molar-refractivity contribution in [2.24, 2.45) is 0 Å². The summed E-state index contributed by atoms with van der Waals surface area (Å²) in [5, 5.41) is 5.24. The Kier molecular flexibility index (Phi) is 7.46. The number of anilines is 1. The molecule has 2 N–H and O–H groups in total. The summed E-state index contributed by atoms with van der Waals surface area (Å²) in [5.41, 5.74) is 1.67. The second-order valence-corrected chi connectivity index (χ2v) is 4.96.